The molecule has 0 unspecified atom stereocenters. The van der Waals surface area contributed by atoms with E-state index in [9.17, 15) is 4.79 Å². The fourth-order valence-corrected chi connectivity index (χ4v) is 2.61. The van der Waals surface area contributed by atoms with E-state index < -0.39 is 0 Å². The zero-order chi connectivity index (χ0) is 16.4. The van der Waals surface area contributed by atoms with Crippen LogP contribution in [0.1, 0.15) is 5.56 Å². The molecule has 5 nitrogen and oxygen atoms in total. The lowest BCUT2D eigenvalue weighted by Gasteiger charge is -1.96. The Morgan fingerprint density at radius 2 is 1.71 bits per heavy atom. The maximum Gasteiger partial charge on any atom is 0.271 e. The third-order valence-electron chi connectivity index (χ3n) is 3.82. The van der Waals surface area contributed by atoms with Crippen LogP contribution in [0.2, 0.25) is 0 Å². The van der Waals surface area contributed by atoms with Gasteiger partial charge in [-0.3, -0.25) is 15.0 Å². The zero-order valence-corrected chi connectivity index (χ0v) is 12.7. The molecule has 3 N–H and O–H groups in total. The number of hydrogen-bond donors (Lipinski definition) is 3. The summed E-state index contributed by atoms with van der Waals surface area (Å²) >= 11 is 0. The van der Waals surface area contributed by atoms with E-state index in [1.54, 1.807) is 0 Å². The van der Waals surface area contributed by atoms with Gasteiger partial charge in [0.15, 0.2) is 0 Å². The van der Waals surface area contributed by atoms with Gasteiger partial charge < -0.3 is 9.72 Å². The first-order valence-electron chi connectivity index (χ1n) is 7.58. The molecule has 5 heteroatoms. The van der Waals surface area contributed by atoms with Gasteiger partial charge in [0.1, 0.15) is 17.4 Å². The summed E-state index contributed by atoms with van der Waals surface area (Å²) in [5.41, 5.74) is 1.79. The molecule has 2 aromatic heterocycles. The maximum absolute atomic E-state index is 12.1. The molecular formula is C19H15N3O2. The van der Waals surface area contributed by atoms with Gasteiger partial charge in [-0.2, -0.15) is 0 Å². The quantitative estimate of drug-likeness (QED) is 0.539. The Hall–Kier alpha value is -3.47. The van der Waals surface area contributed by atoms with E-state index in [2.05, 4.69) is 15.2 Å². The molecule has 2 heterocycles. The topological polar surface area (TPSA) is 73.7 Å². The molecule has 0 spiro atoms. The van der Waals surface area contributed by atoms with Gasteiger partial charge in [-0.25, -0.2) is 0 Å². The molecule has 0 fully saturated rings. The molecule has 0 bridgehead atoms. The van der Waals surface area contributed by atoms with Crippen molar-refractivity contribution < 1.29 is 4.74 Å². The number of hydrogen-bond acceptors (Lipinski definition) is 2. The number of nitrogens with one attached hydrogen (secondary N) is 3. The maximum atomic E-state index is 12.1. The van der Waals surface area contributed by atoms with Crippen LogP contribution in [0.15, 0.2) is 65.6 Å². The van der Waals surface area contributed by atoms with Crippen molar-refractivity contribution >= 4 is 23.2 Å². The minimum atomic E-state index is -0.191. The summed E-state index contributed by atoms with van der Waals surface area (Å²) in [5.74, 6) is 0.706. The lowest BCUT2D eigenvalue weighted by molar-refractivity contribution is 0.537. The summed E-state index contributed by atoms with van der Waals surface area (Å²) in [5, 5.41) is 7.62. The monoisotopic (exact) mass is 317 g/mol. The van der Waals surface area contributed by atoms with Crippen LogP contribution in [0.25, 0.3) is 23.2 Å². The van der Waals surface area contributed by atoms with Crippen LogP contribution in [0.3, 0.4) is 0 Å². The van der Waals surface area contributed by atoms with Crippen LogP contribution >= 0.6 is 0 Å². The fraction of sp³-hybridized carbons (Fsp3) is 0. The fourth-order valence-electron chi connectivity index (χ4n) is 2.61. The highest BCUT2D eigenvalue weighted by atomic mass is 16.5. The standard InChI is InChI=1S/C19H15N3O2/c23-19-16(10-13-11-20-17-9-5-4-8-15(13)17)18(21-22-19)12-24-14-6-2-1-3-7-14/h1-12,20-21H,(H,22,23). The van der Waals surface area contributed by atoms with Gasteiger partial charge in [-0.1, -0.05) is 36.4 Å². The summed E-state index contributed by atoms with van der Waals surface area (Å²) in [6.45, 7) is 0. The minimum Gasteiger partial charge on any atom is -0.463 e. The first-order valence-corrected chi connectivity index (χ1v) is 7.58. The smallest absolute Gasteiger partial charge is 0.271 e. The average molecular weight is 317 g/mol. The number of H-pyrrole nitrogens is 3. The number of aromatic amines is 3. The van der Waals surface area contributed by atoms with Crippen molar-refractivity contribution in [3.05, 3.63) is 87.3 Å². The second-order valence-corrected chi connectivity index (χ2v) is 5.39. The van der Waals surface area contributed by atoms with Crippen molar-refractivity contribution in [2.45, 2.75) is 0 Å². The van der Waals surface area contributed by atoms with Crippen molar-refractivity contribution in [3.63, 3.8) is 0 Å². The SMILES string of the molecule is O=c1[nH][nH]c(=COc2ccccc2)c1=Cc1c[nH]c2ccccc12. The number of fused-ring (bicyclic) bond motifs is 1. The average Bonchev–Trinajstić information content (AvgIpc) is 3.19. The van der Waals surface area contributed by atoms with E-state index in [1.807, 2.05) is 66.9 Å². The molecule has 0 saturated heterocycles. The van der Waals surface area contributed by atoms with E-state index in [0.29, 0.717) is 16.3 Å². The van der Waals surface area contributed by atoms with Crippen molar-refractivity contribution in [1.82, 2.24) is 15.2 Å². The van der Waals surface area contributed by atoms with Crippen LogP contribution in [-0.4, -0.2) is 15.2 Å². The Kier molecular flexibility index (Phi) is 3.51. The second-order valence-electron chi connectivity index (χ2n) is 5.39. The summed E-state index contributed by atoms with van der Waals surface area (Å²) in [6.07, 6.45) is 5.27. The predicted molar refractivity (Wildman–Crippen MR) is 94.1 cm³/mol. The van der Waals surface area contributed by atoms with Crippen molar-refractivity contribution in [3.8, 4) is 5.75 Å². The molecule has 4 aromatic rings. The van der Waals surface area contributed by atoms with Crippen LogP contribution in [-0.2, 0) is 0 Å². The Balaban J connectivity index is 1.81. The third-order valence-corrected chi connectivity index (χ3v) is 3.82. The van der Waals surface area contributed by atoms with Crippen molar-refractivity contribution in [2.24, 2.45) is 0 Å². The number of ether oxygens (including phenoxy) is 1. The van der Waals surface area contributed by atoms with Gasteiger partial charge in [0.2, 0.25) is 0 Å². The Labute approximate surface area is 136 Å². The molecule has 0 aliphatic carbocycles. The van der Waals surface area contributed by atoms with Crippen LogP contribution in [0.5, 0.6) is 5.75 Å². The van der Waals surface area contributed by atoms with E-state index in [0.717, 1.165) is 16.5 Å². The summed E-state index contributed by atoms with van der Waals surface area (Å²) in [4.78, 5) is 15.3. The van der Waals surface area contributed by atoms with Gasteiger partial charge in [-0.05, 0) is 24.3 Å². The Morgan fingerprint density at radius 1 is 0.917 bits per heavy atom. The Bertz CT molecular complexity index is 1150. The molecule has 24 heavy (non-hydrogen) atoms. The highest BCUT2D eigenvalue weighted by Crippen LogP contribution is 2.17. The van der Waals surface area contributed by atoms with Gasteiger partial charge in [-0.15, -0.1) is 0 Å². The highest BCUT2D eigenvalue weighted by Gasteiger charge is 2.02. The largest absolute Gasteiger partial charge is 0.463 e. The van der Waals surface area contributed by atoms with Crippen LogP contribution in [0.4, 0.5) is 0 Å². The molecule has 0 aliphatic rings. The molecule has 0 saturated carbocycles. The van der Waals surface area contributed by atoms with Crippen LogP contribution < -0.4 is 20.9 Å². The molecule has 4 rings (SSSR count). The van der Waals surface area contributed by atoms with E-state index >= 15 is 0 Å². The van der Waals surface area contributed by atoms with Gasteiger partial charge in [0, 0.05) is 22.7 Å². The molecule has 0 amide bonds. The summed E-state index contributed by atoms with van der Waals surface area (Å²) in [7, 11) is 0. The second kappa shape index (κ2) is 5.96. The Morgan fingerprint density at radius 3 is 2.58 bits per heavy atom. The zero-order valence-electron chi connectivity index (χ0n) is 12.7. The van der Waals surface area contributed by atoms with E-state index in [4.69, 9.17) is 4.74 Å². The molecule has 0 atom stereocenters. The molecule has 2 aromatic carbocycles. The summed E-state index contributed by atoms with van der Waals surface area (Å²) < 4.78 is 5.61. The lowest BCUT2D eigenvalue weighted by Crippen LogP contribution is -2.33. The molecule has 0 radical (unpaired) electrons. The number of rotatable bonds is 3. The highest BCUT2D eigenvalue weighted by molar-refractivity contribution is 5.88. The number of para-hydroxylation sites is 2. The first kappa shape index (κ1) is 14.1. The van der Waals surface area contributed by atoms with E-state index in [-0.39, 0.29) is 5.56 Å². The lowest BCUT2D eigenvalue weighted by atomic mass is 10.1. The van der Waals surface area contributed by atoms with Crippen molar-refractivity contribution in [2.75, 3.05) is 0 Å². The molecular weight excluding hydrogens is 302 g/mol. The number of benzene rings is 2. The van der Waals surface area contributed by atoms with Crippen LogP contribution in [0, 0.1) is 0 Å². The normalized spacial score (nSPS) is 12.8. The summed E-state index contributed by atoms with van der Waals surface area (Å²) in [6, 6.07) is 17.4. The van der Waals surface area contributed by atoms with E-state index in [1.165, 1.54) is 6.26 Å². The first-order chi connectivity index (χ1) is 11.8. The predicted octanol–water partition coefficient (Wildman–Crippen LogP) is 1.83. The van der Waals surface area contributed by atoms with Gasteiger partial charge in [0.05, 0.1) is 5.22 Å². The van der Waals surface area contributed by atoms with Crippen molar-refractivity contribution in [1.29, 1.82) is 0 Å². The van der Waals surface area contributed by atoms with Gasteiger partial charge >= 0.3 is 0 Å². The molecule has 118 valence electrons. The minimum absolute atomic E-state index is 0.191. The van der Waals surface area contributed by atoms with Gasteiger partial charge in [0.25, 0.3) is 5.56 Å². The number of aromatic nitrogens is 3. The molecule has 0 aliphatic heterocycles. The third kappa shape index (κ3) is 2.63.